The molecule has 1 aromatic heterocycles. The van der Waals surface area contributed by atoms with Gasteiger partial charge in [-0.1, -0.05) is 39.8 Å². The lowest BCUT2D eigenvalue weighted by Gasteiger charge is -2.20. The van der Waals surface area contributed by atoms with Gasteiger partial charge in [-0.05, 0) is 57.0 Å². The predicted molar refractivity (Wildman–Crippen MR) is 93.8 cm³/mol. The largest absolute Gasteiger partial charge is 0.308 e. The van der Waals surface area contributed by atoms with E-state index in [9.17, 15) is 0 Å². The number of halogens is 1. The summed E-state index contributed by atoms with van der Waals surface area (Å²) in [6, 6.07) is 10.5. The van der Waals surface area contributed by atoms with Gasteiger partial charge in [0.05, 0.1) is 0 Å². The highest BCUT2D eigenvalue weighted by molar-refractivity contribution is 9.10. The SMILES string of the molecule is Cc1cc(CNC(C)(C)C)cnc1Sc1cccc(Br)c1. The maximum Gasteiger partial charge on any atom is 0.104 e. The van der Waals surface area contributed by atoms with Crippen molar-refractivity contribution in [2.75, 3.05) is 0 Å². The van der Waals surface area contributed by atoms with Crippen LogP contribution in [0.5, 0.6) is 0 Å². The Morgan fingerprint density at radius 2 is 2.00 bits per heavy atom. The van der Waals surface area contributed by atoms with Gasteiger partial charge in [0.15, 0.2) is 0 Å². The number of nitrogens with one attached hydrogen (secondary N) is 1. The van der Waals surface area contributed by atoms with E-state index in [0.29, 0.717) is 0 Å². The zero-order valence-corrected chi connectivity index (χ0v) is 15.3. The Balaban J connectivity index is 2.09. The molecule has 4 heteroatoms. The fraction of sp³-hybridized carbons (Fsp3) is 0.353. The van der Waals surface area contributed by atoms with Crippen molar-refractivity contribution in [1.82, 2.24) is 10.3 Å². The lowest BCUT2D eigenvalue weighted by Crippen LogP contribution is -2.35. The molecule has 1 N–H and O–H groups in total. The lowest BCUT2D eigenvalue weighted by atomic mass is 10.1. The van der Waals surface area contributed by atoms with E-state index in [1.54, 1.807) is 11.8 Å². The molecular formula is C17H21BrN2S. The van der Waals surface area contributed by atoms with Crippen LogP contribution in [0.3, 0.4) is 0 Å². The normalized spacial score (nSPS) is 11.7. The molecule has 2 rings (SSSR count). The minimum absolute atomic E-state index is 0.123. The van der Waals surface area contributed by atoms with E-state index >= 15 is 0 Å². The molecule has 0 spiro atoms. The molecule has 1 heterocycles. The molecule has 0 bridgehead atoms. The van der Waals surface area contributed by atoms with E-state index in [2.05, 4.69) is 72.1 Å². The molecule has 2 nitrogen and oxygen atoms in total. The third-order valence-electron chi connectivity index (χ3n) is 2.92. The second-order valence-corrected chi connectivity index (χ2v) is 8.11. The second kappa shape index (κ2) is 6.95. The van der Waals surface area contributed by atoms with Crippen molar-refractivity contribution in [3.63, 3.8) is 0 Å². The van der Waals surface area contributed by atoms with E-state index in [-0.39, 0.29) is 5.54 Å². The second-order valence-electron chi connectivity index (χ2n) is 6.13. The highest BCUT2D eigenvalue weighted by Crippen LogP contribution is 2.30. The Morgan fingerprint density at radius 3 is 2.62 bits per heavy atom. The summed E-state index contributed by atoms with van der Waals surface area (Å²) in [6.45, 7) is 9.48. The molecule has 0 radical (unpaired) electrons. The zero-order chi connectivity index (χ0) is 15.5. The van der Waals surface area contributed by atoms with Crippen LogP contribution in [0.2, 0.25) is 0 Å². The van der Waals surface area contributed by atoms with Crippen LogP contribution in [0.15, 0.2) is 50.9 Å². The third-order valence-corrected chi connectivity index (χ3v) is 4.52. The van der Waals surface area contributed by atoms with Crippen LogP contribution in [0, 0.1) is 6.92 Å². The van der Waals surface area contributed by atoms with Gasteiger partial charge in [-0.25, -0.2) is 4.98 Å². The average molecular weight is 365 g/mol. The fourth-order valence-electron chi connectivity index (χ4n) is 1.83. The summed E-state index contributed by atoms with van der Waals surface area (Å²) in [7, 11) is 0. The van der Waals surface area contributed by atoms with E-state index < -0.39 is 0 Å². The Kier molecular flexibility index (Phi) is 5.47. The first kappa shape index (κ1) is 16.5. The Morgan fingerprint density at radius 1 is 1.24 bits per heavy atom. The summed E-state index contributed by atoms with van der Waals surface area (Å²) < 4.78 is 1.09. The minimum atomic E-state index is 0.123. The van der Waals surface area contributed by atoms with Gasteiger partial charge in [0.2, 0.25) is 0 Å². The van der Waals surface area contributed by atoms with Crippen molar-refractivity contribution >= 4 is 27.7 Å². The third kappa shape index (κ3) is 5.46. The molecule has 0 aliphatic carbocycles. The molecule has 0 aliphatic rings. The smallest absolute Gasteiger partial charge is 0.104 e. The van der Waals surface area contributed by atoms with Crippen LogP contribution in [-0.2, 0) is 6.54 Å². The van der Waals surface area contributed by atoms with Crippen molar-refractivity contribution in [2.24, 2.45) is 0 Å². The van der Waals surface area contributed by atoms with Crippen molar-refractivity contribution in [1.29, 1.82) is 0 Å². The van der Waals surface area contributed by atoms with Crippen LogP contribution >= 0.6 is 27.7 Å². The van der Waals surface area contributed by atoms with Gasteiger partial charge in [0.25, 0.3) is 0 Å². The molecule has 0 aliphatic heterocycles. The number of rotatable bonds is 4. The summed E-state index contributed by atoms with van der Waals surface area (Å²) in [4.78, 5) is 5.81. The summed E-state index contributed by atoms with van der Waals surface area (Å²) in [5.41, 5.74) is 2.56. The lowest BCUT2D eigenvalue weighted by molar-refractivity contribution is 0.424. The number of nitrogens with zero attached hydrogens (tertiary/aromatic N) is 1. The molecule has 0 fully saturated rings. The van der Waals surface area contributed by atoms with Crippen molar-refractivity contribution in [3.8, 4) is 0 Å². The molecule has 0 saturated carbocycles. The van der Waals surface area contributed by atoms with Gasteiger partial charge in [-0.2, -0.15) is 0 Å². The maximum absolute atomic E-state index is 4.61. The van der Waals surface area contributed by atoms with Crippen molar-refractivity contribution < 1.29 is 0 Å². The molecular weight excluding hydrogens is 344 g/mol. The quantitative estimate of drug-likeness (QED) is 0.807. The average Bonchev–Trinajstić information content (AvgIpc) is 2.38. The number of hydrogen-bond acceptors (Lipinski definition) is 3. The Labute approximate surface area is 139 Å². The van der Waals surface area contributed by atoms with Gasteiger partial charge >= 0.3 is 0 Å². The monoisotopic (exact) mass is 364 g/mol. The molecule has 0 atom stereocenters. The topological polar surface area (TPSA) is 24.9 Å². The zero-order valence-electron chi connectivity index (χ0n) is 12.9. The summed E-state index contributed by atoms with van der Waals surface area (Å²) in [6.07, 6.45) is 1.96. The van der Waals surface area contributed by atoms with Gasteiger partial charge in [-0.3, -0.25) is 0 Å². The number of hydrogen-bond donors (Lipinski definition) is 1. The molecule has 21 heavy (non-hydrogen) atoms. The highest BCUT2D eigenvalue weighted by Gasteiger charge is 2.10. The first-order valence-corrected chi connectivity index (χ1v) is 8.58. The highest BCUT2D eigenvalue weighted by atomic mass is 79.9. The molecule has 2 aromatic rings. The first-order valence-electron chi connectivity index (χ1n) is 6.97. The molecule has 112 valence electrons. The van der Waals surface area contributed by atoms with Crippen molar-refractivity contribution in [2.45, 2.75) is 49.7 Å². The van der Waals surface area contributed by atoms with E-state index in [1.807, 2.05) is 18.3 Å². The fourth-order valence-corrected chi connectivity index (χ4v) is 3.27. The number of pyridine rings is 1. The number of benzene rings is 1. The van der Waals surface area contributed by atoms with Gasteiger partial charge in [-0.15, -0.1) is 0 Å². The van der Waals surface area contributed by atoms with Crippen LogP contribution < -0.4 is 5.32 Å². The predicted octanol–water partition coefficient (Wildman–Crippen LogP) is 5.19. The van der Waals surface area contributed by atoms with Gasteiger partial charge in [0, 0.05) is 27.6 Å². The summed E-state index contributed by atoms with van der Waals surface area (Å²) in [5.74, 6) is 0. The number of aromatic nitrogens is 1. The first-order chi connectivity index (χ1) is 9.83. The van der Waals surface area contributed by atoms with Gasteiger partial charge in [0.1, 0.15) is 5.03 Å². The maximum atomic E-state index is 4.61. The molecule has 1 aromatic carbocycles. The van der Waals surface area contributed by atoms with Gasteiger partial charge < -0.3 is 5.32 Å². The standard InChI is InChI=1S/C17H21BrN2S/c1-12-8-13(11-20-17(2,3)4)10-19-16(12)21-15-7-5-6-14(18)9-15/h5-10,20H,11H2,1-4H3. The molecule has 0 amide bonds. The summed E-state index contributed by atoms with van der Waals surface area (Å²) in [5, 5.41) is 4.55. The van der Waals surface area contributed by atoms with Crippen LogP contribution in [0.1, 0.15) is 31.9 Å². The van der Waals surface area contributed by atoms with E-state index in [4.69, 9.17) is 0 Å². The summed E-state index contributed by atoms with van der Waals surface area (Å²) >= 11 is 5.20. The van der Waals surface area contributed by atoms with E-state index in [0.717, 1.165) is 16.0 Å². The number of aryl methyl sites for hydroxylation is 1. The minimum Gasteiger partial charge on any atom is -0.308 e. The van der Waals surface area contributed by atoms with Crippen LogP contribution in [0.25, 0.3) is 0 Å². The Hall–Kier alpha value is -0.840. The van der Waals surface area contributed by atoms with Crippen molar-refractivity contribution in [3.05, 3.63) is 52.1 Å². The van der Waals surface area contributed by atoms with Crippen LogP contribution in [-0.4, -0.2) is 10.5 Å². The van der Waals surface area contributed by atoms with E-state index in [1.165, 1.54) is 16.0 Å². The Bertz CT molecular complexity index is 620. The molecule has 0 saturated heterocycles. The molecule has 0 unspecified atom stereocenters. The van der Waals surface area contributed by atoms with Crippen LogP contribution in [0.4, 0.5) is 0 Å².